The maximum absolute atomic E-state index is 5.40. The minimum absolute atomic E-state index is 0.373. The first kappa shape index (κ1) is 14.1. The lowest BCUT2D eigenvalue weighted by Crippen LogP contribution is -2.21. The first-order valence-corrected chi connectivity index (χ1v) is 7.20. The molecule has 0 bridgehead atoms. The minimum Gasteiger partial charge on any atom is -0.379 e. The lowest BCUT2D eigenvalue weighted by atomic mass is 10.2. The molecule has 0 amide bonds. The number of aryl methyl sites for hydroxylation is 1. The van der Waals surface area contributed by atoms with Crippen LogP contribution in [-0.4, -0.2) is 35.8 Å². The van der Waals surface area contributed by atoms with Crippen molar-refractivity contribution in [2.45, 2.75) is 46.1 Å². The Morgan fingerprint density at radius 2 is 2.05 bits per heavy atom. The fourth-order valence-electron chi connectivity index (χ4n) is 2.22. The maximum Gasteiger partial charge on any atom is 0.135 e. The summed E-state index contributed by atoms with van der Waals surface area (Å²) in [6.07, 6.45) is 3.01. The quantitative estimate of drug-likeness (QED) is 0.826. The van der Waals surface area contributed by atoms with Gasteiger partial charge in [-0.05, 0) is 26.7 Å². The van der Waals surface area contributed by atoms with Crippen molar-refractivity contribution in [3.05, 3.63) is 11.4 Å². The number of rotatable bonds is 6. The van der Waals surface area contributed by atoms with E-state index in [1.807, 2.05) is 0 Å². The number of hydrogen-bond donors (Lipinski definition) is 2. The molecule has 106 valence electrons. The smallest absolute Gasteiger partial charge is 0.135 e. The number of anilines is 2. The van der Waals surface area contributed by atoms with Crippen molar-refractivity contribution in [3.63, 3.8) is 0 Å². The van der Waals surface area contributed by atoms with Crippen molar-refractivity contribution in [2.24, 2.45) is 0 Å². The average Bonchev–Trinajstić information content (AvgIpc) is 2.88. The van der Waals surface area contributed by atoms with Crippen LogP contribution < -0.4 is 10.6 Å². The van der Waals surface area contributed by atoms with Gasteiger partial charge in [0.2, 0.25) is 0 Å². The van der Waals surface area contributed by atoms with Gasteiger partial charge in [0.15, 0.2) is 0 Å². The van der Waals surface area contributed by atoms with Crippen LogP contribution in [0.3, 0.4) is 0 Å². The molecule has 1 aromatic heterocycles. The van der Waals surface area contributed by atoms with Crippen LogP contribution >= 0.6 is 0 Å². The van der Waals surface area contributed by atoms with Gasteiger partial charge in [0.05, 0.1) is 12.6 Å². The zero-order chi connectivity index (χ0) is 13.7. The summed E-state index contributed by atoms with van der Waals surface area (Å²) in [6, 6.07) is 0.373. The SMILES string of the molecule is CCCc1nc(NCC)c(C)c(NC2CCOC2)n1. The average molecular weight is 264 g/mol. The molecule has 0 radical (unpaired) electrons. The van der Waals surface area contributed by atoms with Crippen LogP contribution in [-0.2, 0) is 11.2 Å². The molecule has 1 fully saturated rings. The second kappa shape index (κ2) is 6.70. The molecule has 1 aromatic rings. The number of hydrogen-bond acceptors (Lipinski definition) is 5. The third-order valence-corrected chi connectivity index (χ3v) is 3.28. The minimum atomic E-state index is 0.373. The molecule has 2 heterocycles. The Morgan fingerprint density at radius 3 is 2.68 bits per heavy atom. The third kappa shape index (κ3) is 3.56. The standard InChI is InChI=1S/C14H24N4O/c1-4-6-12-17-13(15-5-2)10(3)14(18-12)16-11-7-8-19-9-11/h11H,4-9H2,1-3H3,(H2,15,16,17,18). The first-order valence-electron chi connectivity index (χ1n) is 7.20. The normalized spacial score (nSPS) is 18.6. The zero-order valence-electron chi connectivity index (χ0n) is 12.1. The fraction of sp³-hybridized carbons (Fsp3) is 0.714. The van der Waals surface area contributed by atoms with Crippen LogP contribution in [0.5, 0.6) is 0 Å². The zero-order valence-corrected chi connectivity index (χ0v) is 12.1. The predicted octanol–water partition coefficient (Wildman–Crippen LogP) is 2.37. The Kier molecular flexibility index (Phi) is 4.96. The van der Waals surface area contributed by atoms with E-state index >= 15 is 0 Å². The summed E-state index contributed by atoms with van der Waals surface area (Å²) in [5.74, 6) is 2.80. The molecular formula is C14H24N4O. The molecule has 5 nitrogen and oxygen atoms in total. The number of nitrogens with one attached hydrogen (secondary N) is 2. The summed E-state index contributed by atoms with van der Waals surface area (Å²) in [7, 11) is 0. The van der Waals surface area contributed by atoms with Crippen LogP contribution in [0.4, 0.5) is 11.6 Å². The Balaban J connectivity index is 2.22. The topological polar surface area (TPSA) is 59.1 Å². The lowest BCUT2D eigenvalue weighted by Gasteiger charge is -2.17. The molecule has 1 atom stereocenters. The highest BCUT2D eigenvalue weighted by atomic mass is 16.5. The summed E-state index contributed by atoms with van der Waals surface area (Å²) in [5.41, 5.74) is 1.09. The van der Waals surface area contributed by atoms with E-state index in [1.54, 1.807) is 0 Å². The van der Waals surface area contributed by atoms with Gasteiger partial charge < -0.3 is 15.4 Å². The van der Waals surface area contributed by atoms with Gasteiger partial charge in [0.25, 0.3) is 0 Å². The summed E-state index contributed by atoms with van der Waals surface area (Å²) in [5, 5.41) is 6.81. The Bertz CT molecular complexity index is 416. The molecule has 5 heteroatoms. The molecule has 0 spiro atoms. The molecule has 0 saturated carbocycles. The number of ether oxygens (including phenoxy) is 1. The lowest BCUT2D eigenvalue weighted by molar-refractivity contribution is 0.195. The van der Waals surface area contributed by atoms with Crippen LogP contribution in [0.25, 0.3) is 0 Å². The van der Waals surface area contributed by atoms with E-state index in [0.717, 1.165) is 62.0 Å². The van der Waals surface area contributed by atoms with Crippen molar-refractivity contribution in [3.8, 4) is 0 Å². The molecule has 1 aliphatic heterocycles. The summed E-state index contributed by atoms with van der Waals surface area (Å²) < 4.78 is 5.40. The van der Waals surface area contributed by atoms with Crippen molar-refractivity contribution in [1.82, 2.24) is 9.97 Å². The van der Waals surface area contributed by atoms with Gasteiger partial charge in [-0.2, -0.15) is 0 Å². The van der Waals surface area contributed by atoms with E-state index in [9.17, 15) is 0 Å². The van der Waals surface area contributed by atoms with Gasteiger partial charge in [-0.15, -0.1) is 0 Å². The number of aromatic nitrogens is 2. The molecule has 1 saturated heterocycles. The van der Waals surface area contributed by atoms with Crippen LogP contribution in [0.2, 0.25) is 0 Å². The van der Waals surface area contributed by atoms with E-state index in [1.165, 1.54) is 0 Å². The van der Waals surface area contributed by atoms with Crippen LogP contribution in [0.1, 0.15) is 38.1 Å². The Labute approximate surface area is 115 Å². The van der Waals surface area contributed by atoms with Gasteiger partial charge in [-0.25, -0.2) is 9.97 Å². The maximum atomic E-state index is 5.40. The molecular weight excluding hydrogens is 240 g/mol. The van der Waals surface area contributed by atoms with E-state index in [2.05, 4.69) is 41.4 Å². The predicted molar refractivity (Wildman–Crippen MR) is 77.8 cm³/mol. The molecule has 2 N–H and O–H groups in total. The molecule has 1 unspecified atom stereocenters. The van der Waals surface area contributed by atoms with Crippen molar-refractivity contribution < 1.29 is 4.74 Å². The number of nitrogens with zero attached hydrogens (tertiary/aromatic N) is 2. The van der Waals surface area contributed by atoms with Gasteiger partial charge in [-0.3, -0.25) is 0 Å². The molecule has 1 aliphatic rings. The van der Waals surface area contributed by atoms with Gasteiger partial charge in [-0.1, -0.05) is 6.92 Å². The highest BCUT2D eigenvalue weighted by molar-refractivity contribution is 5.57. The van der Waals surface area contributed by atoms with Gasteiger partial charge in [0, 0.05) is 25.1 Å². The van der Waals surface area contributed by atoms with Gasteiger partial charge >= 0.3 is 0 Å². The molecule has 2 rings (SSSR count). The molecule has 0 aromatic carbocycles. The summed E-state index contributed by atoms with van der Waals surface area (Å²) >= 11 is 0. The van der Waals surface area contributed by atoms with E-state index in [-0.39, 0.29) is 0 Å². The molecule has 19 heavy (non-hydrogen) atoms. The third-order valence-electron chi connectivity index (χ3n) is 3.28. The summed E-state index contributed by atoms with van der Waals surface area (Å²) in [4.78, 5) is 9.24. The van der Waals surface area contributed by atoms with Crippen LogP contribution in [0.15, 0.2) is 0 Å². The second-order valence-electron chi connectivity index (χ2n) is 4.95. The monoisotopic (exact) mass is 264 g/mol. The van der Waals surface area contributed by atoms with E-state index < -0.39 is 0 Å². The highest BCUT2D eigenvalue weighted by Crippen LogP contribution is 2.22. The first-order chi connectivity index (χ1) is 9.24. The summed E-state index contributed by atoms with van der Waals surface area (Å²) in [6.45, 7) is 8.76. The Morgan fingerprint density at radius 1 is 1.26 bits per heavy atom. The van der Waals surface area contributed by atoms with Crippen LogP contribution in [0, 0.1) is 6.92 Å². The van der Waals surface area contributed by atoms with Crippen molar-refractivity contribution in [2.75, 3.05) is 30.4 Å². The second-order valence-corrected chi connectivity index (χ2v) is 4.95. The Hall–Kier alpha value is -1.36. The van der Waals surface area contributed by atoms with E-state index in [0.29, 0.717) is 6.04 Å². The van der Waals surface area contributed by atoms with Crippen molar-refractivity contribution >= 4 is 11.6 Å². The highest BCUT2D eigenvalue weighted by Gasteiger charge is 2.18. The van der Waals surface area contributed by atoms with Gasteiger partial charge in [0.1, 0.15) is 17.5 Å². The fourth-order valence-corrected chi connectivity index (χ4v) is 2.22. The van der Waals surface area contributed by atoms with Crippen molar-refractivity contribution in [1.29, 1.82) is 0 Å². The molecule has 0 aliphatic carbocycles. The van der Waals surface area contributed by atoms with E-state index in [4.69, 9.17) is 4.74 Å². The largest absolute Gasteiger partial charge is 0.379 e.